The smallest absolute Gasteiger partial charge is 0.121 e. The second kappa shape index (κ2) is 5.34. The highest BCUT2D eigenvalue weighted by Gasteiger charge is 2.17. The normalized spacial score (nSPS) is 19.6. The Morgan fingerprint density at radius 1 is 1.40 bits per heavy atom. The Kier molecular flexibility index (Phi) is 3.69. The van der Waals surface area contributed by atoms with Gasteiger partial charge in [-0.3, -0.25) is 0 Å². The number of fused-ring (bicyclic) bond motifs is 1. The van der Waals surface area contributed by atoms with Crippen LogP contribution in [0.5, 0.6) is 5.75 Å². The molecule has 1 aliphatic rings. The van der Waals surface area contributed by atoms with E-state index in [9.17, 15) is 0 Å². The number of rotatable bonds is 3. The Bertz CT molecular complexity index is 594. The lowest BCUT2D eigenvalue weighted by molar-refractivity contribution is 0.223. The molecule has 0 amide bonds. The number of nitrogens with zero attached hydrogens (tertiary/aromatic N) is 1. The van der Waals surface area contributed by atoms with Crippen molar-refractivity contribution in [1.29, 1.82) is 0 Å². The molecular weight excluding hydrogens is 268 g/mol. The Balaban J connectivity index is 1.79. The van der Waals surface area contributed by atoms with Crippen LogP contribution in [0.4, 0.5) is 0 Å². The zero-order chi connectivity index (χ0) is 14.2. The molecule has 0 radical (unpaired) electrons. The summed E-state index contributed by atoms with van der Waals surface area (Å²) in [6.45, 7) is 8.77. The topological polar surface area (TPSA) is 34.1 Å². The zero-order valence-corrected chi connectivity index (χ0v) is 13.2. The molecule has 3 nitrogen and oxygen atoms in total. The maximum Gasteiger partial charge on any atom is 0.121 e. The van der Waals surface area contributed by atoms with Gasteiger partial charge in [0.15, 0.2) is 0 Å². The maximum atomic E-state index is 6.01. The number of thiazole rings is 1. The van der Waals surface area contributed by atoms with E-state index in [2.05, 4.69) is 38.2 Å². The van der Waals surface area contributed by atoms with Crippen molar-refractivity contribution in [2.75, 3.05) is 13.1 Å². The third-order valence-corrected chi connectivity index (χ3v) is 4.42. The minimum Gasteiger partial charge on any atom is -0.489 e. The first-order valence-corrected chi connectivity index (χ1v) is 8.08. The van der Waals surface area contributed by atoms with Crippen LogP contribution in [0.25, 0.3) is 10.2 Å². The predicted octanol–water partition coefficient (Wildman–Crippen LogP) is 3.63. The molecule has 3 rings (SSSR count). The van der Waals surface area contributed by atoms with Crippen LogP contribution in [0.15, 0.2) is 18.2 Å². The highest BCUT2D eigenvalue weighted by Crippen LogP contribution is 2.30. The van der Waals surface area contributed by atoms with Gasteiger partial charge >= 0.3 is 0 Å². The molecule has 0 saturated carbocycles. The molecule has 1 atom stereocenters. The molecule has 20 heavy (non-hydrogen) atoms. The van der Waals surface area contributed by atoms with Crippen LogP contribution in [0.1, 0.15) is 32.2 Å². The molecule has 108 valence electrons. The van der Waals surface area contributed by atoms with Crippen LogP contribution in [0.3, 0.4) is 0 Å². The molecule has 1 aromatic heterocycles. The van der Waals surface area contributed by atoms with Crippen molar-refractivity contribution in [3.63, 3.8) is 0 Å². The highest BCUT2D eigenvalue weighted by molar-refractivity contribution is 7.18. The highest BCUT2D eigenvalue weighted by atomic mass is 32.1. The van der Waals surface area contributed by atoms with Gasteiger partial charge in [-0.25, -0.2) is 4.98 Å². The minimum absolute atomic E-state index is 0.280. The quantitative estimate of drug-likeness (QED) is 0.937. The SMILES string of the molecule is CC(C)(C)Cc1nc2ccc(OC3CCNC3)cc2s1. The molecular formula is C16H22N2OS. The van der Waals surface area contributed by atoms with E-state index >= 15 is 0 Å². The van der Waals surface area contributed by atoms with Gasteiger partial charge in [0.1, 0.15) is 11.9 Å². The summed E-state index contributed by atoms with van der Waals surface area (Å²) in [5, 5.41) is 4.54. The first kappa shape index (κ1) is 13.8. The molecule has 2 heterocycles. The van der Waals surface area contributed by atoms with E-state index in [1.54, 1.807) is 11.3 Å². The lowest BCUT2D eigenvalue weighted by Gasteiger charge is -2.15. The lowest BCUT2D eigenvalue weighted by atomic mass is 9.93. The Morgan fingerprint density at radius 2 is 2.25 bits per heavy atom. The van der Waals surface area contributed by atoms with Gasteiger partial charge < -0.3 is 10.1 Å². The maximum absolute atomic E-state index is 6.01. The summed E-state index contributed by atoms with van der Waals surface area (Å²) in [6, 6.07) is 6.26. The van der Waals surface area contributed by atoms with Crippen LogP contribution in [0, 0.1) is 5.41 Å². The van der Waals surface area contributed by atoms with Gasteiger partial charge in [0.25, 0.3) is 0 Å². The van der Waals surface area contributed by atoms with Crippen LogP contribution in [-0.2, 0) is 6.42 Å². The van der Waals surface area contributed by atoms with Crippen LogP contribution >= 0.6 is 11.3 Å². The van der Waals surface area contributed by atoms with Crippen molar-refractivity contribution >= 4 is 21.6 Å². The van der Waals surface area contributed by atoms with Gasteiger partial charge in [0.05, 0.1) is 15.2 Å². The van der Waals surface area contributed by atoms with E-state index in [1.807, 2.05) is 6.07 Å². The van der Waals surface area contributed by atoms with Crippen molar-refractivity contribution in [2.45, 2.75) is 39.7 Å². The molecule has 2 aromatic rings. The number of aromatic nitrogens is 1. The van der Waals surface area contributed by atoms with E-state index in [-0.39, 0.29) is 5.41 Å². The summed E-state index contributed by atoms with van der Waals surface area (Å²) in [6.07, 6.45) is 2.43. The van der Waals surface area contributed by atoms with Crippen molar-refractivity contribution in [2.24, 2.45) is 5.41 Å². The molecule has 0 spiro atoms. The molecule has 1 unspecified atom stereocenters. The van der Waals surface area contributed by atoms with Gasteiger partial charge in [-0.2, -0.15) is 0 Å². The summed E-state index contributed by atoms with van der Waals surface area (Å²) in [5.74, 6) is 0.970. The second-order valence-corrected chi connectivity index (χ2v) is 7.82. The summed E-state index contributed by atoms with van der Waals surface area (Å²) in [5.41, 5.74) is 1.37. The van der Waals surface area contributed by atoms with E-state index in [4.69, 9.17) is 9.72 Å². The number of benzene rings is 1. The number of hydrogen-bond acceptors (Lipinski definition) is 4. The lowest BCUT2D eigenvalue weighted by Crippen LogP contribution is -2.19. The summed E-state index contributed by atoms with van der Waals surface area (Å²) in [4.78, 5) is 4.72. The van der Waals surface area contributed by atoms with E-state index in [1.165, 1.54) is 9.71 Å². The Labute approximate surface area is 124 Å². The molecule has 1 saturated heterocycles. The average Bonchev–Trinajstić information content (AvgIpc) is 2.95. The van der Waals surface area contributed by atoms with E-state index in [0.29, 0.717) is 6.10 Å². The van der Waals surface area contributed by atoms with Gasteiger partial charge in [0.2, 0.25) is 0 Å². The molecule has 1 aromatic carbocycles. The number of hydrogen-bond donors (Lipinski definition) is 1. The molecule has 1 N–H and O–H groups in total. The third-order valence-electron chi connectivity index (χ3n) is 3.40. The van der Waals surface area contributed by atoms with Gasteiger partial charge in [-0.05, 0) is 36.6 Å². The van der Waals surface area contributed by atoms with E-state index in [0.717, 1.165) is 37.2 Å². The Hall–Kier alpha value is -1.13. The molecule has 0 bridgehead atoms. The Morgan fingerprint density at radius 3 is 2.95 bits per heavy atom. The fourth-order valence-corrected chi connectivity index (χ4v) is 3.77. The van der Waals surface area contributed by atoms with Crippen molar-refractivity contribution in [3.8, 4) is 5.75 Å². The first-order chi connectivity index (χ1) is 9.49. The second-order valence-electron chi connectivity index (χ2n) is 6.71. The van der Waals surface area contributed by atoms with Crippen LogP contribution in [0.2, 0.25) is 0 Å². The average molecular weight is 290 g/mol. The molecule has 0 aliphatic carbocycles. The number of ether oxygens (including phenoxy) is 1. The van der Waals surface area contributed by atoms with Gasteiger partial charge in [-0.1, -0.05) is 20.8 Å². The molecule has 4 heteroatoms. The van der Waals surface area contributed by atoms with Crippen molar-refractivity contribution in [1.82, 2.24) is 10.3 Å². The number of nitrogens with one attached hydrogen (secondary N) is 1. The molecule has 1 fully saturated rings. The summed E-state index contributed by atoms with van der Waals surface area (Å²) < 4.78 is 7.24. The van der Waals surface area contributed by atoms with Crippen molar-refractivity contribution < 1.29 is 4.74 Å². The largest absolute Gasteiger partial charge is 0.489 e. The summed E-state index contributed by atoms with van der Waals surface area (Å²) in [7, 11) is 0. The fraction of sp³-hybridized carbons (Fsp3) is 0.562. The van der Waals surface area contributed by atoms with Crippen LogP contribution < -0.4 is 10.1 Å². The first-order valence-electron chi connectivity index (χ1n) is 7.26. The predicted molar refractivity (Wildman–Crippen MR) is 84.7 cm³/mol. The monoisotopic (exact) mass is 290 g/mol. The fourth-order valence-electron chi connectivity index (χ4n) is 2.48. The minimum atomic E-state index is 0.280. The zero-order valence-electron chi connectivity index (χ0n) is 12.4. The summed E-state index contributed by atoms with van der Waals surface area (Å²) >= 11 is 1.79. The third kappa shape index (κ3) is 3.30. The van der Waals surface area contributed by atoms with Crippen molar-refractivity contribution in [3.05, 3.63) is 23.2 Å². The standard InChI is InChI=1S/C16H22N2OS/c1-16(2,3)9-15-18-13-5-4-11(8-14(13)20-15)19-12-6-7-17-10-12/h4-5,8,12,17H,6-7,9-10H2,1-3H3. The molecule has 1 aliphatic heterocycles. The van der Waals surface area contributed by atoms with Gasteiger partial charge in [0, 0.05) is 13.0 Å². The van der Waals surface area contributed by atoms with Gasteiger partial charge in [-0.15, -0.1) is 11.3 Å². The van der Waals surface area contributed by atoms with Crippen LogP contribution in [-0.4, -0.2) is 24.2 Å². The van der Waals surface area contributed by atoms with E-state index < -0.39 is 0 Å².